The maximum atomic E-state index is 14.0. The summed E-state index contributed by atoms with van der Waals surface area (Å²) in [6.07, 6.45) is 0.621. The second kappa shape index (κ2) is 9.00. The van der Waals surface area contributed by atoms with Crippen molar-refractivity contribution in [2.45, 2.75) is 12.5 Å². The maximum Gasteiger partial charge on any atom is 0.295 e. The highest BCUT2D eigenvalue weighted by Gasteiger charge is 2.46. The van der Waals surface area contributed by atoms with Gasteiger partial charge in [0.2, 0.25) is 0 Å². The Morgan fingerprint density at radius 1 is 1.12 bits per heavy atom. The summed E-state index contributed by atoms with van der Waals surface area (Å²) in [6.45, 7) is 1.80. The normalized spacial score (nSPS) is 19.6. The van der Waals surface area contributed by atoms with Crippen LogP contribution in [-0.4, -0.2) is 67.0 Å². The fourth-order valence-electron chi connectivity index (χ4n) is 4.04. The van der Waals surface area contributed by atoms with Crippen LogP contribution < -0.4 is 9.47 Å². The highest BCUT2D eigenvalue weighted by molar-refractivity contribution is 6.46. The van der Waals surface area contributed by atoms with Crippen molar-refractivity contribution < 1.29 is 28.6 Å². The summed E-state index contributed by atoms with van der Waals surface area (Å²) >= 11 is 0. The number of Topliss-reactive ketones (excluding diaryl/α,β-unsaturated/α-hetero) is 1. The predicted molar refractivity (Wildman–Crippen MR) is 116 cm³/mol. The minimum Gasteiger partial charge on any atom is -0.507 e. The molecule has 2 heterocycles. The van der Waals surface area contributed by atoms with Gasteiger partial charge >= 0.3 is 0 Å². The molecule has 0 bridgehead atoms. The molecule has 168 valence electrons. The molecular weight excluding hydrogens is 415 g/mol. The van der Waals surface area contributed by atoms with Gasteiger partial charge in [0.05, 0.1) is 11.6 Å². The van der Waals surface area contributed by atoms with E-state index in [-0.39, 0.29) is 11.3 Å². The Balaban J connectivity index is 1.79. The van der Waals surface area contributed by atoms with Crippen LogP contribution in [0.25, 0.3) is 5.76 Å². The average molecular weight is 440 g/mol. The molecule has 1 fully saturated rings. The van der Waals surface area contributed by atoms with Crippen LogP contribution in [0.2, 0.25) is 0 Å². The van der Waals surface area contributed by atoms with Crippen molar-refractivity contribution in [2.24, 2.45) is 0 Å². The zero-order chi connectivity index (χ0) is 22.8. The molecule has 1 atom stereocenters. The van der Waals surface area contributed by atoms with E-state index in [0.29, 0.717) is 55.4 Å². The van der Waals surface area contributed by atoms with Gasteiger partial charge in [0, 0.05) is 12.1 Å². The maximum absolute atomic E-state index is 14.0. The molecule has 7 nitrogen and oxygen atoms in total. The number of carbonyl (C=O) groups excluding carboxylic acids is 2. The lowest BCUT2D eigenvalue weighted by Gasteiger charge is -2.26. The number of aliphatic hydroxyl groups excluding tert-OH is 1. The van der Waals surface area contributed by atoms with Gasteiger partial charge in [0.25, 0.3) is 11.7 Å². The van der Waals surface area contributed by atoms with Gasteiger partial charge in [-0.05, 0) is 63.0 Å². The highest BCUT2D eigenvalue weighted by Crippen LogP contribution is 2.41. The SMILES string of the molecule is CN(C)CCCN1C(=O)C(=O)/C(=C(/O)c2ccc3c(c2)OCCO3)[C@H]1c1cccc(F)c1. The lowest BCUT2D eigenvalue weighted by atomic mass is 9.95. The van der Waals surface area contributed by atoms with E-state index in [2.05, 4.69) is 0 Å². The molecule has 8 heteroatoms. The quantitative estimate of drug-likeness (QED) is 0.423. The Morgan fingerprint density at radius 2 is 1.88 bits per heavy atom. The summed E-state index contributed by atoms with van der Waals surface area (Å²) in [6, 6.07) is 9.69. The molecule has 2 aromatic carbocycles. The first-order chi connectivity index (χ1) is 15.4. The van der Waals surface area contributed by atoms with E-state index in [9.17, 15) is 19.1 Å². The molecule has 32 heavy (non-hydrogen) atoms. The predicted octanol–water partition coefficient (Wildman–Crippen LogP) is 2.97. The monoisotopic (exact) mass is 440 g/mol. The first-order valence-electron chi connectivity index (χ1n) is 10.5. The van der Waals surface area contributed by atoms with Gasteiger partial charge in [0.15, 0.2) is 11.5 Å². The second-order valence-electron chi connectivity index (χ2n) is 8.06. The fraction of sp³-hybridized carbons (Fsp3) is 0.333. The van der Waals surface area contributed by atoms with E-state index in [1.54, 1.807) is 24.3 Å². The first kappa shape index (κ1) is 21.8. The van der Waals surface area contributed by atoms with Gasteiger partial charge in [-0.25, -0.2) is 4.39 Å². The largest absolute Gasteiger partial charge is 0.507 e. The Bertz CT molecular complexity index is 1080. The zero-order valence-corrected chi connectivity index (χ0v) is 18.0. The summed E-state index contributed by atoms with van der Waals surface area (Å²) in [5, 5.41) is 11.1. The van der Waals surface area contributed by atoms with Gasteiger partial charge in [-0.1, -0.05) is 12.1 Å². The van der Waals surface area contributed by atoms with E-state index in [1.165, 1.54) is 23.1 Å². The fourth-order valence-corrected chi connectivity index (χ4v) is 4.04. The number of halogens is 1. The molecular formula is C24H25FN2O5. The summed E-state index contributed by atoms with van der Waals surface area (Å²) in [5.74, 6) is -1.33. The summed E-state index contributed by atoms with van der Waals surface area (Å²) in [4.78, 5) is 29.3. The van der Waals surface area contributed by atoms with E-state index >= 15 is 0 Å². The molecule has 0 aliphatic carbocycles. The number of hydrogen-bond donors (Lipinski definition) is 1. The molecule has 1 amide bonds. The Labute approximate surface area is 185 Å². The number of carbonyl (C=O) groups is 2. The summed E-state index contributed by atoms with van der Waals surface area (Å²) < 4.78 is 25.1. The second-order valence-corrected chi connectivity index (χ2v) is 8.06. The highest BCUT2D eigenvalue weighted by atomic mass is 19.1. The first-order valence-corrected chi connectivity index (χ1v) is 10.5. The van der Waals surface area contributed by atoms with Crippen molar-refractivity contribution >= 4 is 17.4 Å². The topological polar surface area (TPSA) is 79.3 Å². The van der Waals surface area contributed by atoms with Gasteiger partial charge in [0.1, 0.15) is 24.8 Å². The van der Waals surface area contributed by atoms with Crippen LogP contribution in [0.4, 0.5) is 4.39 Å². The number of nitrogens with zero attached hydrogens (tertiary/aromatic N) is 2. The van der Waals surface area contributed by atoms with Crippen molar-refractivity contribution in [3.63, 3.8) is 0 Å². The molecule has 2 aromatic rings. The number of aliphatic hydroxyl groups is 1. The number of amides is 1. The third-order valence-corrected chi connectivity index (χ3v) is 5.52. The number of ketones is 1. The number of ether oxygens (including phenoxy) is 2. The summed E-state index contributed by atoms with van der Waals surface area (Å²) in [5.41, 5.74) is 0.678. The lowest BCUT2D eigenvalue weighted by molar-refractivity contribution is -0.139. The molecule has 2 aliphatic heterocycles. The molecule has 0 radical (unpaired) electrons. The number of fused-ring (bicyclic) bond motifs is 1. The van der Waals surface area contributed by atoms with Gasteiger partial charge in [-0.3, -0.25) is 9.59 Å². The minimum absolute atomic E-state index is 0.0675. The third-order valence-electron chi connectivity index (χ3n) is 5.52. The summed E-state index contributed by atoms with van der Waals surface area (Å²) in [7, 11) is 3.83. The van der Waals surface area contributed by atoms with Crippen LogP contribution in [0.15, 0.2) is 48.0 Å². The third kappa shape index (κ3) is 4.18. The number of likely N-dealkylation sites (tertiary alicyclic amines) is 1. The van der Waals surface area contributed by atoms with Crippen LogP contribution in [0.5, 0.6) is 11.5 Å². The van der Waals surface area contributed by atoms with Crippen molar-refractivity contribution in [3.05, 3.63) is 65.0 Å². The van der Waals surface area contributed by atoms with Gasteiger partial charge < -0.3 is 24.4 Å². The molecule has 4 rings (SSSR count). The smallest absolute Gasteiger partial charge is 0.295 e. The van der Waals surface area contributed by atoms with Crippen molar-refractivity contribution in [1.29, 1.82) is 0 Å². The molecule has 2 aliphatic rings. The van der Waals surface area contributed by atoms with Crippen molar-refractivity contribution in [2.75, 3.05) is 40.4 Å². The molecule has 0 unspecified atom stereocenters. The number of rotatable bonds is 6. The van der Waals surface area contributed by atoms with Gasteiger partial charge in [-0.15, -0.1) is 0 Å². The minimum atomic E-state index is -0.888. The Morgan fingerprint density at radius 3 is 2.59 bits per heavy atom. The number of benzene rings is 2. The van der Waals surface area contributed by atoms with Crippen LogP contribution in [0.3, 0.4) is 0 Å². The average Bonchev–Trinajstić information content (AvgIpc) is 3.03. The van der Waals surface area contributed by atoms with E-state index in [4.69, 9.17) is 9.47 Å². The Kier molecular flexibility index (Phi) is 6.14. The van der Waals surface area contributed by atoms with E-state index in [1.807, 2.05) is 19.0 Å². The number of hydrogen-bond acceptors (Lipinski definition) is 6. The lowest BCUT2D eigenvalue weighted by Crippen LogP contribution is -2.32. The van der Waals surface area contributed by atoms with E-state index in [0.717, 1.165) is 0 Å². The molecule has 1 N–H and O–H groups in total. The molecule has 0 spiro atoms. The Hall–Kier alpha value is -3.39. The standard InChI is InChI=1S/C24H25FN2O5/c1-26(2)9-4-10-27-21(15-5-3-6-17(25)13-15)20(23(29)24(27)30)22(28)16-7-8-18-19(14-16)32-12-11-31-18/h3,5-8,13-14,21,28H,4,9-12H2,1-2H3/b22-20+/t21-/m1/s1. The van der Waals surface area contributed by atoms with E-state index < -0.39 is 23.5 Å². The van der Waals surface area contributed by atoms with Gasteiger partial charge in [-0.2, -0.15) is 0 Å². The molecule has 0 saturated carbocycles. The van der Waals surface area contributed by atoms with Crippen molar-refractivity contribution in [3.8, 4) is 11.5 Å². The molecule has 1 saturated heterocycles. The zero-order valence-electron chi connectivity index (χ0n) is 18.0. The van der Waals surface area contributed by atoms with Crippen LogP contribution >= 0.6 is 0 Å². The molecule has 0 aromatic heterocycles. The van der Waals surface area contributed by atoms with Crippen LogP contribution in [-0.2, 0) is 9.59 Å². The van der Waals surface area contributed by atoms with Crippen LogP contribution in [0, 0.1) is 5.82 Å². The van der Waals surface area contributed by atoms with Crippen molar-refractivity contribution in [1.82, 2.24) is 9.80 Å². The van der Waals surface area contributed by atoms with Crippen LogP contribution in [0.1, 0.15) is 23.6 Å².